The van der Waals surface area contributed by atoms with Crippen molar-refractivity contribution in [3.05, 3.63) is 106 Å². The SMILES string of the molecule is CCN(C)[C@@H]1c2onc(OCc3ccccc3)c2C(=O)[C@@]2(O[Si](C)(C)C(C)(C)C)C(=O)C3=C(O)c4c(OCc5ccccc5)cnc(N(C)C)c4C[C@H]3C[C@@H]12. The van der Waals surface area contributed by atoms with Gasteiger partial charge in [0.15, 0.2) is 19.7 Å². The van der Waals surface area contributed by atoms with Crippen LogP contribution in [0.1, 0.15) is 78.5 Å². The summed E-state index contributed by atoms with van der Waals surface area (Å²) in [5.74, 6) is -0.949. The van der Waals surface area contributed by atoms with Crippen LogP contribution in [0.2, 0.25) is 18.1 Å². The molecule has 0 spiro atoms. The maximum Gasteiger partial charge on any atom is 0.265 e. The maximum absolute atomic E-state index is 15.8. The minimum absolute atomic E-state index is 0.0235. The molecule has 2 heterocycles. The molecule has 0 bridgehead atoms. The Morgan fingerprint density at radius 3 is 2.13 bits per heavy atom. The summed E-state index contributed by atoms with van der Waals surface area (Å²) in [6.07, 6.45) is 2.37. The number of Topliss-reactive ketones (excluding diaryl/α,β-unsaturated/α-hetero) is 2. The van der Waals surface area contributed by atoms with Gasteiger partial charge >= 0.3 is 0 Å². The molecule has 0 unspecified atom stereocenters. The molecule has 7 rings (SSSR count). The Balaban J connectivity index is 1.42. The van der Waals surface area contributed by atoms with Crippen molar-refractivity contribution in [1.82, 2.24) is 15.0 Å². The third-order valence-corrected chi connectivity index (χ3v) is 16.5. The summed E-state index contributed by atoms with van der Waals surface area (Å²) >= 11 is 0. The maximum atomic E-state index is 15.8. The topological polar surface area (TPSA) is 127 Å². The summed E-state index contributed by atoms with van der Waals surface area (Å²) in [5, 5.41) is 16.5. The van der Waals surface area contributed by atoms with Crippen LogP contribution in [-0.4, -0.2) is 73.3 Å². The van der Waals surface area contributed by atoms with Gasteiger partial charge < -0.3 is 28.4 Å². The normalized spacial score (nSPS) is 22.2. The van der Waals surface area contributed by atoms with E-state index in [1.807, 2.05) is 93.6 Å². The summed E-state index contributed by atoms with van der Waals surface area (Å²) in [4.78, 5) is 40.2. The predicted octanol–water partition coefficient (Wildman–Crippen LogP) is 7.97. The number of ether oxygens (including phenoxy) is 2. The molecule has 3 aliphatic carbocycles. The van der Waals surface area contributed by atoms with Crippen molar-refractivity contribution in [2.75, 3.05) is 32.6 Å². The second-order valence-electron chi connectivity index (χ2n) is 16.7. The van der Waals surface area contributed by atoms with Gasteiger partial charge in [0, 0.05) is 31.1 Å². The smallest absolute Gasteiger partial charge is 0.265 e. The van der Waals surface area contributed by atoms with Crippen LogP contribution in [0.3, 0.4) is 0 Å². The van der Waals surface area contributed by atoms with Crippen molar-refractivity contribution in [2.45, 2.75) is 83.5 Å². The first-order valence-electron chi connectivity index (χ1n) is 19.1. The van der Waals surface area contributed by atoms with Crippen LogP contribution in [0, 0.1) is 11.8 Å². The second kappa shape index (κ2) is 14.4. The van der Waals surface area contributed by atoms with Crippen LogP contribution in [0.4, 0.5) is 5.82 Å². The molecular formula is C43H52N4O7Si. The largest absolute Gasteiger partial charge is 0.507 e. The molecule has 2 aromatic heterocycles. The number of ketones is 2. The van der Waals surface area contributed by atoms with Gasteiger partial charge in [0.25, 0.3) is 5.88 Å². The Morgan fingerprint density at radius 2 is 1.55 bits per heavy atom. The van der Waals surface area contributed by atoms with Gasteiger partial charge in [0.2, 0.25) is 11.6 Å². The van der Waals surface area contributed by atoms with E-state index in [1.54, 1.807) is 6.20 Å². The highest BCUT2D eigenvalue weighted by Gasteiger charge is 2.69. The zero-order valence-corrected chi connectivity index (χ0v) is 34.3. The van der Waals surface area contributed by atoms with Crippen molar-refractivity contribution in [3.8, 4) is 11.6 Å². The number of pyridine rings is 1. The van der Waals surface area contributed by atoms with Crippen LogP contribution < -0.4 is 14.4 Å². The highest BCUT2D eigenvalue weighted by molar-refractivity contribution is 6.74. The van der Waals surface area contributed by atoms with E-state index in [0.717, 1.165) is 16.7 Å². The fraction of sp³-hybridized carbons (Fsp3) is 0.442. The Bertz CT molecular complexity index is 2130. The van der Waals surface area contributed by atoms with Gasteiger partial charge in [-0.05, 0) is 66.8 Å². The first-order chi connectivity index (χ1) is 26.1. The highest BCUT2D eigenvalue weighted by atomic mass is 28.4. The Labute approximate surface area is 324 Å². The van der Waals surface area contributed by atoms with E-state index < -0.39 is 43.4 Å². The van der Waals surface area contributed by atoms with Gasteiger partial charge in [0.05, 0.1) is 17.8 Å². The lowest BCUT2D eigenvalue weighted by Crippen LogP contribution is -2.68. The van der Waals surface area contributed by atoms with Crippen molar-refractivity contribution in [1.29, 1.82) is 0 Å². The van der Waals surface area contributed by atoms with E-state index in [0.29, 0.717) is 42.3 Å². The summed E-state index contributed by atoms with van der Waals surface area (Å²) in [6.45, 7) is 13.4. The number of carbonyl (C=O) groups excluding carboxylic acids is 2. The number of hydrogen-bond donors (Lipinski definition) is 1. The van der Waals surface area contributed by atoms with Crippen LogP contribution in [0.15, 0.2) is 77.0 Å². The first-order valence-corrected chi connectivity index (χ1v) is 22.0. The van der Waals surface area contributed by atoms with E-state index in [2.05, 4.69) is 43.9 Å². The van der Waals surface area contributed by atoms with Crippen LogP contribution in [0.25, 0.3) is 5.76 Å². The van der Waals surface area contributed by atoms with E-state index in [1.165, 1.54) is 0 Å². The predicted molar refractivity (Wildman–Crippen MR) is 213 cm³/mol. The number of aromatic nitrogens is 2. The molecule has 11 nitrogen and oxygen atoms in total. The number of benzene rings is 2. The minimum Gasteiger partial charge on any atom is -0.507 e. The number of rotatable bonds is 11. The van der Waals surface area contributed by atoms with E-state index in [-0.39, 0.29) is 41.0 Å². The lowest BCUT2D eigenvalue weighted by molar-refractivity contribution is -0.140. The second-order valence-corrected chi connectivity index (χ2v) is 21.5. The summed E-state index contributed by atoms with van der Waals surface area (Å²) in [5.41, 5.74) is 1.34. The van der Waals surface area contributed by atoms with Gasteiger partial charge in [0.1, 0.15) is 36.1 Å². The fourth-order valence-corrected chi connectivity index (χ4v) is 9.61. The molecule has 1 saturated carbocycles. The number of anilines is 1. The number of carbonyl (C=O) groups is 2. The quantitative estimate of drug-likeness (QED) is 0.118. The Hall–Kier alpha value is -4.78. The van der Waals surface area contributed by atoms with Crippen LogP contribution in [0.5, 0.6) is 11.6 Å². The third kappa shape index (κ3) is 6.47. The molecule has 4 aromatic rings. The lowest BCUT2D eigenvalue weighted by Gasteiger charge is -2.55. The van der Waals surface area contributed by atoms with Crippen molar-refractivity contribution >= 4 is 31.5 Å². The van der Waals surface area contributed by atoms with Crippen molar-refractivity contribution in [2.24, 2.45) is 11.8 Å². The number of nitrogens with zero attached hydrogens (tertiary/aromatic N) is 4. The number of aliphatic hydroxyl groups is 1. The number of fused-ring (bicyclic) bond motifs is 4. The summed E-state index contributed by atoms with van der Waals surface area (Å²) < 4.78 is 25.9. The average Bonchev–Trinajstić information content (AvgIpc) is 3.57. The van der Waals surface area contributed by atoms with E-state index in [4.69, 9.17) is 23.4 Å². The highest BCUT2D eigenvalue weighted by Crippen LogP contribution is 2.59. The molecule has 0 amide bonds. The van der Waals surface area contributed by atoms with Gasteiger partial charge in [-0.25, -0.2) is 4.98 Å². The van der Waals surface area contributed by atoms with Gasteiger partial charge in [-0.15, -0.1) is 0 Å². The van der Waals surface area contributed by atoms with Crippen molar-refractivity contribution < 1.29 is 33.1 Å². The summed E-state index contributed by atoms with van der Waals surface area (Å²) in [6, 6.07) is 18.8. The molecule has 4 atom stereocenters. The lowest BCUT2D eigenvalue weighted by atomic mass is 9.57. The van der Waals surface area contributed by atoms with Crippen LogP contribution >= 0.6 is 0 Å². The molecule has 55 heavy (non-hydrogen) atoms. The average molecular weight is 765 g/mol. The zero-order valence-electron chi connectivity index (χ0n) is 33.3. The van der Waals surface area contributed by atoms with Crippen molar-refractivity contribution in [3.63, 3.8) is 0 Å². The standard InChI is InChI=1S/C43H52N4O7Si/c1-10-47(7)35-30-22-28-21-29-33(31(23-44-40(29)46(5)6)51-24-26-17-13-11-14-18-26)36(48)32(28)38(49)43(30,54-55(8,9)42(2,3)4)39(50)34-37(35)53-45-41(34)52-25-27-19-15-12-16-20-27/h11-20,23,28,30,35,48H,10,21-22,24-25H2,1-9H3/t28-,30-,35-,43-/m0/s1. The van der Waals surface area contributed by atoms with Gasteiger partial charge in [-0.3, -0.25) is 14.5 Å². The molecule has 1 N–H and O–H groups in total. The van der Waals surface area contributed by atoms with Gasteiger partial charge in [-0.2, -0.15) is 0 Å². The molecule has 12 heteroatoms. The Kier molecular flexibility index (Phi) is 10.1. The fourth-order valence-electron chi connectivity index (χ4n) is 8.16. The number of aliphatic hydroxyl groups excluding tert-OH is 1. The summed E-state index contributed by atoms with van der Waals surface area (Å²) in [7, 11) is 2.88. The Morgan fingerprint density at radius 1 is 0.927 bits per heavy atom. The zero-order chi connectivity index (χ0) is 39.4. The molecule has 2 aromatic carbocycles. The van der Waals surface area contributed by atoms with Gasteiger partial charge in [-0.1, -0.05) is 88.4 Å². The molecule has 290 valence electrons. The molecule has 1 fully saturated rings. The monoisotopic (exact) mass is 764 g/mol. The van der Waals surface area contributed by atoms with E-state index in [9.17, 15) is 5.11 Å². The molecular weight excluding hydrogens is 713 g/mol. The number of hydrogen-bond acceptors (Lipinski definition) is 11. The molecule has 0 aliphatic heterocycles. The van der Waals surface area contributed by atoms with Crippen LogP contribution in [-0.2, 0) is 28.9 Å². The molecule has 0 radical (unpaired) electrons. The minimum atomic E-state index is -2.89. The molecule has 0 saturated heterocycles. The molecule has 3 aliphatic rings. The third-order valence-electron chi connectivity index (χ3n) is 12.1. The van der Waals surface area contributed by atoms with E-state index >= 15 is 9.59 Å². The first kappa shape index (κ1) is 38.5.